The van der Waals surface area contributed by atoms with Gasteiger partial charge in [0.05, 0.1) is 27.4 Å². The van der Waals surface area contributed by atoms with Crippen LogP contribution in [0.25, 0.3) is 0 Å². The van der Waals surface area contributed by atoms with Crippen LogP contribution >= 0.6 is 0 Å². The largest absolute Gasteiger partial charge is 0.493 e. The number of hydrogen-bond donors (Lipinski definition) is 1. The standard InChI is InChI=1S/C28H37NO6/c1-4-16-33-17-18-34-23-9-7-8-22(20-23)25(35-28(30)24-10-5-6-15-29-24)13-11-21-12-14-26(31-2)27(19-21)32-3/h4,7-9,12,14,19-20,24-25,29H,1,5-6,10-11,13,15-18H2,2-3H3. The average Bonchev–Trinajstić information content (AvgIpc) is 2.91. The smallest absolute Gasteiger partial charge is 0.323 e. The summed E-state index contributed by atoms with van der Waals surface area (Å²) in [5.41, 5.74) is 1.98. The fourth-order valence-corrected chi connectivity index (χ4v) is 4.09. The molecular formula is C28H37NO6. The molecule has 190 valence electrons. The van der Waals surface area contributed by atoms with Crippen molar-refractivity contribution >= 4 is 5.97 Å². The van der Waals surface area contributed by atoms with Crippen LogP contribution in [0.5, 0.6) is 17.2 Å². The molecule has 0 bridgehead atoms. The fraction of sp³-hybridized carbons (Fsp3) is 0.464. The molecule has 3 rings (SSSR count). The van der Waals surface area contributed by atoms with Crippen LogP contribution < -0.4 is 19.5 Å². The number of methoxy groups -OCH3 is 2. The second kappa shape index (κ2) is 14.4. The predicted molar refractivity (Wildman–Crippen MR) is 135 cm³/mol. The summed E-state index contributed by atoms with van der Waals surface area (Å²) in [6, 6.07) is 13.3. The molecule has 1 saturated heterocycles. The number of rotatable bonds is 14. The number of aryl methyl sites for hydroxylation is 1. The first kappa shape index (κ1) is 26.6. The Morgan fingerprint density at radius 1 is 1.11 bits per heavy atom. The number of carbonyl (C=O) groups is 1. The van der Waals surface area contributed by atoms with E-state index in [9.17, 15) is 4.79 Å². The molecule has 35 heavy (non-hydrogen) atoms. The Morgan fingerprint density at radius 3 is 2.71 bits per heavy atom. The van der Waals surface area contributed by atoms with E-state index in [4.69, 9.17) is 23.7 Å². The average molecular weight is 484 g/mol. The summed E-state index contributed by atoms with van der Waals surface area (Å²) in [4.78, 5) is 13.0. The van der Waals surface area contributed by atoms with Crippen LogP contribution in [-0.4, -0.2) is 52.6 Å². The van der Waals surface area contributed by atoms with Crippen molar-refractivity contribution in [2.45, 2.75) is 44.2 Å². The van der Waals surface area contributed by atoms with Gasteiger partial charge in [-0.2, -0.15) is 0 Å². The van der Waals surface area contributed by atoms with Crippen LogP contribution in [0, 0.1) is 0 Å². The van der Waals surface area contributed by atoms with Gasteiger partial charge in [0.2, 0.25) is 0 Å². The van der Waals surface area contributed by atoms with E-state index in [1.807, 2.05) is 42.5 Å². The zero-order valence-corrected chi connectivity index (χ0v) is 20.8. The van der Waals surface area contributed by atoms with Crippen LogP contribution in [0.2, 0.25) is 0 Å². The molecule has 2 unspecified atom stereocenters. The highest BCUT2D eigenvalue weighted by Crippen LogP contribution is 2.31. The van der Waals surface area contributed by atoms with E-state index in [2.05, 4.69) is 11.9 Å². The molecule has 1 aliphatic rings. The zero-order valence-electron chi connectivity index (χ0n) is 20.8. The fourth-order valence-electron chi connectivity index (χ4n) is 4.09. The Labute approximate surface area is 208 Å². The van der Waals surface area contributed by atoms with Gasteiger partial charge in [0.15, 0.2) is 11.5 Å². The summed E-state index contributed by atoms with van der Waals surface area (Å²) < 4.78 is 28.1. The van der Waals surface area contributed by atoms with Crippen LogP contribution in [0.1, 0.15) is 42.9 Å². The van der Waals surface area contributed by atoms with Gasteiger partial charge in [0, 0.05) is 0 Å². The highest BCUT2D eigenvalue weighted by Gasteiger charge is 2.26. The molecule has 0 aromatic heterocycles. The van der Waals surface area contributed by atoms with Crippen LogP contribution in [-0.2, 0) is 20.7 Å². The highest BCUT2D eigenvalue weighted by molar-refractivity contribution is 5.76. The molecule has 1 heterocycles. The van der Waals surface area contributed by atoms with Crippen molar-refractivity contribution in [1.29, 1.82) is 0 Å². The number of benzene rings is 2. The van der Waals surface area contributed by atoms with Gasteiger partial charge in [-0.05, 0) is 67.6 Å². The molecule has 0 saturated carbocycles. The van der Waals surface area contributed by atoms with E-state index in [1.165, 1.54) is 0 Å². The van der Waals surface area contributed by atoms with E-state index in [0.717, 1.165) is 36.9 Å². The molecule has 2 aromatic rings. The molecule has 1 aliphatic heterocycles. The molecule has 0 spiro atoms. The van der Waals surface area contributed by atoms with Gasteiger partial charge < -0.3 is 29.0 Å². The minimum absolute atomic E-state index is 0.203. The third-order valence-corrected chi connectivity index (χ3v) is 5.96. The lowest BCUT2D eigenvalue weighted by atomic mass is 10.00. The van der Waals surface area contributed by atoms with E-state index >= 15 is 0 Å². The van der Waals surface area contributed by atoms with Gasteiger partial charge in [0.1, 0.15) is 24.5 Å². The van der Waals surface area contributed by atoms with Crippen molar-refractivity contribution in [2.24, 2.45) is 0 Å². The first-order valence-electron chi connectivity index (χ1n) is 12.2. The van der Waals surface area contributed by atoms with Crippen molar-refractivity contribution in [3.05, 3.63) is 66.2 Å². The maximum absolute atomic E-state index is 13.0. The molecule has 0 aliphatic carbocycles. The van der Waals surface area contributed by atoms with Crippen molar-refractivity contribution in [1.82, 2.24) is 5.32 Å². The summed E-state index contributed by atoms with van der Waals surface area (Å²) in [5, 5.41) is 3.28. The van der Waals surface area contributed by atoms with Crippen LogP contribution in [0.15, 0.2) is 55.1 Å². The summed E-state index contributed by atoms with van der Waals surface area (Å²) in [7, 11) is 3.24. The molecule has 0 radical (unpaired) electrons. The van der Waals surface area contributed by atoms with E-state index in [0.29, 0.717) is 49.9 Å². The number of ether oxygens (including phenoxy) is 5. The zero-order chi connectivity index (χ0) is 24.9. The Morgan fingerprint density at radius 2 is 1.97 bits per heavy atom. The number of nitrogens with one attached hydrogen (secondary N) is 1. The summed E-state index contributed by atoms with van der Waals surface area (Å²) in [6.07, 6.45) is 5.55. The summed E-state index contributed by atoms with van der Waals surface area (Å²) in [6.45, 7) is 5.87. The van der Waals surface area contributed by atoms with Gasteiger partial charge in [0.25, 0.3) is 0 Å². The Kier molecular flexibility index (Phi) is 10.9. The second-order valence-corrected chi connectivity index (χ2v) is 8.44. The van der Waals surface area contributed by atoms with Gasteiger partial charge in [-0.15, -0.1) is 6.58 Å². The first-order chi connectivity index (χ1) is 17.1. The second-order valence-electron chi connectivity index (χ2n) is 8.44. The number of piperidine rings is 1. The molecule has 2 aromatic carbocycles. The molecular weight excluding hydrogens is 446 g/mol. The lowest BCUT2D eigenvalue weighted by molar-refractivity contribution is -0.153. The van der Waals surface area contributed by atoms with Crippen molar-refractivity contribution < 1.29 is 28.5 Å². The van der Waals surface area contributed by atoms with Crippen LogP contribution in [0.3, 0.4) is 0 Å². The van der Waals surface area contributed by atoms with Crippen molar-refractivity contribution in [2.75, 3.05) is 40.6 Å². The quantitative estimate of drug-likeness (QED) is 0.238. The van der Waals surface area contributed by atoms with Gasteiger partial charge >= 0.3 is 5.97 Å². The minimum Gasteiger partial charge on any atom is -0.493 e. The molecule has 2 atom stereocenters. The number of esters is 1. The summed E-state index contributed by atoms with van der Waals surface area (Å²) in [5.74, 6) is 1.88. The Bertz CT molecular complexity index is 941. The topological polar surface area (TPSA) is 75.2 Å². The SMILES string of the molecule is C=CCOCCOc1cccc(C(CCc2ccc(OC)c(OC)c2)OC(=O)C2CCCCN2)c1. The third-order valence-electron chi connectivity index (χ3n) is 5.96. The van der Waals surface area contributed by atoms with Crippen molar-refractivity contribution in [3.63, 3.8) is 0 Å². The molecule has 1 fully saturated rings. The van der Waals surface area contributed by atoms with Crippen molar-refractivity contribution in [3.8, 4) is 17.2 Å². The lowest BCUT2D eigenvalue weighted by Gasteiger charge is -2.26. The maximum Gasteiger partial charge on any atom is 0.323 e. The lowest BCUT2D eigenvalue weighted by Crippen LogP contribution is -2.41. The summed E-state index contributed by atoms with van der Waals surface area (Å²) >= 11 is 0. The highest BCUT2D eigenvalue weighted by atomic mass is 16.5. The first-order valence-corrected chi connectivity index (χ1v) is 12.2. The predicted octanol–water partition coefficient (Wildman–Crippen LogP) is 4.64. The van der Waals surface area contributed by atoms with Gasteiger partial charge in [-0.3, -0.25) is 4.79 Å². The maximum atomic E-state index is 13.0. The molecule has 7 heteroatoms. The third kappa shape index (κ3) is 8.30. The number of carbonyl (C=O) groups excluding carboxylic acids is 1. The number of hydrogen-bond acceptors (Lipinski definition) is 7. The Balaban J connectivity index is 1.71. The van der Waals surface area contributed by atoms with E-state index in [1.54, 1.807) is 20.3 Å². The Hall–Kier alpha value is -3.03. The van der Waals surface area contributed by atoms with Crippen LogP contribution in [0.4, 0.5) is 0 Å². The molecule has 7 nitrogen and oxygen atoms in total. The monoisotopic (exact) mass is 483 g/mol. The van der Waals surface area contributed by atoms with E-state index in [-0.39, 0.29) is 12.0 Å². The van der Waals surface area contributed by atoms with Gasteiger partial charge in [-0.25, -0.2) is 0 Å². The molecule has 0 amide bonds. The van der Waals surface area contributed by atoms with Gasteiger partial charge in [-0.1, -0.05) is 30.7 Å². The minimum atomic E-state index is -0.403. The normalized spacial score (nSPS) is 16.2. The molecule has 1 N–H and O–H groups in total. The van der Waals surface area contributed by atoms with E-state index < -0.39 is 6.10 Å².